The molecule has 0 radical (unpaired) electrons. The van der Waals surface area contributed by atoms with Crippen LogP contribution in [0.25, 0.3) is 0 Å². The highest BCUT2D eigenvalue weighted by Gasteiger charge is 2.18. The fourth-order valence-corrected chi connectivity index (χ4v) is 3.47. The predicted octanol–water partition coefficient (Wildman–Crippen LogP) is 1.26. The van der Waals surface area contributed by atoms with Crippen molar-refractivity contribution in [2.75, 3.05) is 19.4 Å². The first-order valence-corrected chi connectivity index (χ1v) is 8.58. The third-order valence-corrected chi connectivity index (χ3v) is 4.89. The number of sulfonamides is 1. The van der Waals surface area contributed by atoms with Gasteiger partial charge in [0.05, 0.1) is 12.9 Å². The van der Waals surface area contributed by atoms with Gasteiger partial charge in [0, 0.05) is 12.6 Å². The molecule has 2 N–H and O–H groups in total. The molecule has 0 aliphatic carbocycles. The number of methoxy groups -OCH3 is 1. The van der Waals surface area contributed by atoms with Crippen molar-refractivity contribution in [3.8, 4) is 5.75 Å². The molecule has 1 saturated heterocycles. The molecule has 1 unspecified atom stereocenters. The van der Waals surface area contributed by atoms with E-state index >= 15 is 0 Å². The molecule has 6 heteroatoms. The van der Waals surface area contributed by atoms with Crippen molar-refractivity contribution in [1.82, 2.24) is 10.0 Å². The van der Waals surface area contributed by atoms with Crippen LogP contribution in [0.5, 0.6) is 5.75 Å². The lowest BCUT2D eigenvalue weighted by atomic mass is 10.2. The number of ether oxygens (including phenoxy) is 1. The molecular weight excluding hydrogens is 276 g/mol. The largest absolute Gasteiger partial charge is 0.497 e. The maximum atomic E-state index is 11.9. The van der Waals surface area contributed by atoms with Crippen molar-refractivity contribution < 1.29 is 13.2 Å². The van der Waals surface area contributed by atoms with E-state index in [0.29, 0.717) is 19.0 Å². The van der Waals surface area contributed by atoms with E-state index in [-0.39, 0.29) is 5.75 Å². The Bertz CT molecular complexity index is 525. The molecular formula is C14H22N2O3S. The van der Waals surface area contributed by atoms with E-state index in [0.717, 1.165) is 30.7 Å². The van der Waals surface area contributed by atoms with Gasteiger partial charge in [-0.15, -0.1) is 0 Å². The number of rotatable bonds is 7. The van der Waals surface area contributed by atoms with E-state index in [1.54, 1.807) is 7.11 Å². The standard InChI is InChI=1S/C14H22N2O3S/c1-19-14-6-2-4-12(10-14)11-16-20(17,18)9-7-13-5-3-8-15-13/h2,4,6,10,13,15-16H,3,5,7-9,11H2,1H3. The van der Waals surface area contributed by atoms with Crippen LogP contribution >= 0.6 is 0 Å². The molecule has 0 bridgehead atoms. The highest BCUT2D eigenvalue weighted by Crippen LogP contribution is 2.13. The first-order valence-electron chi connectivity index (χ1n) is 6.93. The second-order valence-corrected chi connectivity index (χ2v) is 7.00. The summed E-state index contributed by atoms with van der Waals surface area (Å²) in [5, 5.41) is 3.31. The number of hydrogen-bond acceptors (Lipinski definition) is 4. The summed E-state index contributed by atoms with van der Waals surface area (Å²) < 4.78 is 31.6. The molecule has 0 amide bonds. The van der Waals surface area contributed by atoms with E-state index in [2.05, 4.69) is 10.0 Å². The molecule has 1 aliphatic rings. The van der Waals surface area contributed by atoms with E-state index in [1.807, 2.05) is 24.3 Å². The summed E-state index contributed by atoms with van der Waals surface area (Å²) >= 11 is 0. The van der Waals surface area contributed by atoms with Gasteiger partial charge < -0.3 is 10.1 Å². The summed E-state index contributed by atoms with van der Waals surface area (Å²) in [6.45, 7) is 1.31. The van der Waals surface area contributed by atoms with Gasteiger partial charge in [-0.3, -0.25) is 0 Å². The fraction of sp³-hybridized carbons (Fsp3) is 0.571. The lowest BCUT2D eigenvalue weighted by molar-refractivity contribution is 0.414. The zero-order chi connectivity index (χ0) is 14.4. The molecule has 20 heavy (non-hydrogen) atoms. The SMILES string of the molecule is COc1cccc(CNS(=O)(=O)CCC2CCCN2)c1. The maximum absolute atomic E-state index is 11.9. The van der Waals surface area contributed by atoms with Crippen molar-refractivity contribution in [2.24, 2.45) is 0 Å². The number of hydrogen-bond donors (Lipinski definition) is 2. The quantitative estimate of drug-likeness (QED) is 0.795. The van der Waals surface area contributed by atoms with Crippen molar-refractivity contribution in [1.29, 1.82) is 0 Å². The van der Waals surface area contributed by atoms with Gasteiger partial charge in [0.1, 0.15) is 5.75 Å². The first kappa shape index (κ1) is 15.3. The Balaban J connectivity index is 1.81. The van der Waals surface area contributed by atoms with Crippen LogP contribution in [0.4, 0.5) is 0 Å². The van der Waals surface area contributed by atoms with Crippen LogP contribution in [-0.2, 0) is 16.6 Å². The summed E-state index contributed by atoms with van der Waals surface area (Å²) in [4.78, 5) is 0. The zero-order valence-electron chi connectivity index (χ0n) is 11.8. The van der Waals surface area contributed by atoms with Crippen LogP contribution in [0.3, 0.4) is 0 Å². The molecule has 1 atom stereocenters. The second-order valence-electron chi connectivity index (χ2n) is 5.07. The lowest BCUT2D eigenvalue weighted by Gasteiger charge is -2.11. The first-order chi connectivity index (χ1) is 9.59. The minimum absolute atomic E-state index is 0.175. The molecule has 0 spiro atoms. The van der Waals surface area contributed by atoms with Crippen LogP contribution in [0.15, 0.2) is 24.3 Å². The molecule has 1 aliphatic heterocycles. The molecule has 1 aromatic carbocycles. The summed E-state index contributed by atoms with van der Waals surface area (Å²) in [6.07, 6.45) is 2.89. The van der Waals surface area contributed by atoms with Crippen molar-refractivity contribution >= 4 is 10.0 Å². The van der Waals surface area contributed by atoms with Crippen molar-refractivity contribution in [2.45, 2.75) is 31.8 Å². The van der Waals surface area contributed by atoms with Crippen molar-refractivity contribution in [3.05, 3.63) is 29.8 Å². The van der Waals surface area contributed by atoms with Gasteiger partial charge in [-0.25, -0.2) is 13.1 Å². The van der Waals surface area contributed by atoms with Gasteiger partial charge in [0.25, 0.3) is 0 Å². The molecule has 5 nitrogen and oxygen atoms in total. The Morgan fingerprint density at radius 2 is 2.30 bits per heavy atom. The van der Waals surface area contributed by atoms with Crippen LogP contribution in [0.2, 0.25) is 0 Å². The lowest BCUT2D eigenvalue weighted by Crippen LogP contribution is -2.30. The summed E-state index contributed by atoms with van der Waals surface area (Å²) in [6, 6.07) is 7.75. The van der Waals surface area contributed by atoms with Crippen molar-refractivity contribution in [3.63, 3.8) is 0 Å². The second kappa shape index (κ2) is 7.06. The summed E-state index contributed by atoms with van der Waals surface area (Å²) in [5.74, 6) is 0.908. The average molecular weight is 298 g/mol. The molecule has 2 rings (SSSR count). The van der Waals surface area contributed by atoms with Crippen LogP contribution in [0, 0.1) is 0 Å². The van der Waals surface area contributed by atoms with E-state index in [1.165, 1.54) is 0 Å². The normalized spacial score (nSPS) is 19.1. The van der Waals surface area contributed by atoms with Gasteiger partial charge in [-0.2, -0.15) is 0 Å². The van der Waals surface area contributed by atoms with E-state index < -0.39 is 10.0 Å². The average Bonchev–Trinajstić information content (AvgIpc) is 2.97. The molecule has 0 aromatic heterocycles. The molecule has 112 valence electrons. The Morgan fingerprint density at radius 3 is 3.00 bits per heavy atom. The molecule has 1 heterocycles. The fourth-order valence-electron chi connectivity index (χ4n) is 2.35. The Hall–Kier alpha value is -1.11. The Labute approximate surface area is 120 Å². The minimum Gasteiger partial charge on any atom is -0.497 e. The van der Waals surface area contributed by atoms with E-state index in [4.69, 9.17) is 4.74 Å². The predicted molar refractivity (Wildman–Crippen MR) is 79.3 cm³/mol. The topological polar surface area (TPSA) is 67.4 Å². The van der Waals surface area contributed by atoms with Crippen LogP contribution in [-0.4, -0.2) is 33.9 Å². The zero-order valence-corrected chi connectivity index (χ0v) is 12.6. The number of nitrogens with one attached hydrogen (secondary N) is 2. The van der Waals surface area contributed by atoms with Crippen LogP contribution < -0.4 is 14.8 Å². The monoisotopic (exact) mass is 298 g/mol. The van der Waals surface area contributed by atoms with Gasteiger partial charge in [-0.05, 0) is 43.5 Å². The highest BCUT2D eigenvalue weighted by molar-refractivity contribution is 7.89. The maximum Gasteiger partial charge on any atom is 0.211 e. The minimum atomic E-state index is -3.22. The van der Waals surface area contributed by atoms with E-state index in [9.17, 15) is 8.42 Å². The van der Waals surface area contributed by atoms with Gasteiger partial charge >= 0.3 is 0 Å². The van der Waals surface area contributed by atoms with Crippen LogP contribution in [0.1, 0.15) is 24.8 Å². The smallest absolute Gasteiger partial charge is 0.211 e. The molecule has 0 saturated carbocycles. The third kappa shape index (κ3) is 4.77. The Kier molecular flexibility index (Phi) is 5.39. The van der Waals surface area contributed by atoms with Gasteiger partial charge in [0.15, 0.2) is 0 Å². The molecule has 1 fully saturated rings. The van der Waals surface area contributed by atoms with Gasteiger partial charge in [-0.1, -0.05) is 12.1 Å². The third-order valence-electron chi connectivity index (χ3n) is 3.53. The highest BCUT2D eigenvalue weighted by atomic mass is 32.2. The molecule has 1 aromatic rings. The summed E-state index contributed by atoms with van der Waals surface area (Å²) in [7, 11) is -1.62. The van der Waals surface area contributed by atoms with Gasteiger partial charge in [0.2, 0.25) is 10.0 Å². The Morgan fingerprint density at radius 1 is 1.45 bits per heavy atom. The number of benzene rings is 1. The summed E-state index contributed by atoms with van der Waals surface area (Å²) in [5.41, 5.74) is 0.895.